The maximum absolute atomic E-state index is 11.9. The minimum Gasteiger partial charge on any atom is -0.507 e. The molecule has 7 heteroatoms. The van der Waals surface area contributed by atoms with Crippen molar-refractivity contribution in [1.29, 1.82) is 0 Å². The number of hydrogen-bond acceptors (Lipinski definition) is 5. The molecule has 0 saturated carbocycles. The molecule has 1 aromatic rings. The van der Waals surface area contributed by atoms with Gasteiger partial charge in [0.05, 0.1) is 5.56 Å². The third-order valence-corrected chi connectivity index (χ3v) is 2.11. The van der Waals surface area contributed by atoms with Crippen LogP contribution >= 0.6 is 0 Å². The fraction of sp³-hybridized carbons (Fsp3) is 0.300. The molecule has 17 heavy (non-hydrogen) atoms. The van der Waals surface area contributed by atoms with E-state index in [1.807, 2.05) is 0 Å². The Morgan fingerprint density at radius 2 is 2.18 bits per heavy atom. The molecule has 1 aromatic heterocycles. The van der Waals surface area contributed by atoms with Crippen molar-refractivity contribution >= 4 is 11.8 Å². The van der Waals surface area contributed by atoms with Gasteiger partial charge in [0.2, 0.25) is 5.91 Å². The first-order chi connectivity index (χ1) is 7.97. The van der Waals surface area contributed by atoms with Gasteiger partial charge in [-0.25, -0.2) is 0 Å². The summed E-state index contributed by atoms with van der Waals surface area (Å²) in [5.41, 5.74) is 4.60. The molecule has 0 bridgehead atoms. The van der Waals surface area contributed by atoms with Crippen LogP contribution in [0.15, 0.2) is 17.1 Å². The second-order valence-corrected chi connectivity index (χ2v) is 3.36. The molecule has 0 saturated heterocycles. The lowest BCUT2D eigenvalue weighted by atomic mass is 10.2. The molecule has 7 nitrogen and oxygen atoms in total. The second kappa shape index (κ2) is 5.26. The number of carbonyl (C=O) groups is 2. The number of aromatic nitrogens is 1. The average molecular weight is 239 g/mol. The number of aromatic hydroxyl groups is 1. The number of hydrogen-bond donors (Lipinski definition) is 3. The molecule has 0 fully saturated rings. The van der Waals surface area contributed by atoms with E-state index in [-0.39, 0.29) is 18.7 Å². The number of carbonyl (C=O) groups excluding carboxylic acids is 2. The van der Waals surface area contributed by atoms with Crippen LogP contribution in [0, 0.1) is 0 Å². The second-order valence-electron chi connectivity index (χ2n) is 3.36. The van der Waals surface area contributed by atoms with E-state index in [2.05, 4.69) is 4.98 Å². The summed E-state index contributed by atoms with van der Waals surface area (Å²) in [6.07, 6.45) is 1.06. The standard InChI is InChI=1S/C10H13N3O4/c1-6(14)13(3-2-11)10(17)7-5-12-9(16)4-8(7)15/h4-5H,2-3,11H2,1H3,(H2,12,15,16). The van der Waals surface area contributed by atoms with Crippen molar-refractivity contribution in [3.8, 4) is 5.75 Å². The number of amides is 2. The van der Waals surface area contributed by atoms with Gasteiger partial charge in [-0.15, -0.1) is 0 Å². The molecule has 0 radical (unpaired) electrons. The zero-order valence-corrected chi connectivity index (χ0v) is 9.27. The van der Waals surface area contributed by atoms with Gasteiger partial charge >= 0.3 is 0 Å². The van der Waals surface area contributed by atoms with E-state index in [0.717, 1.165) is 17.2 Å². The maximum Gasteiger partial charge on any atom is 0.265 e. The highest BCUT2D eigenvalue weighted by Crippen LogP contribution is 2.14. The van der Waals surface area contributed by atoms with Crippen molar-refractivity contribution in [3.63, 3.8) is 0 Å². The summed E-state index contributed by atoms with van der Waals surface area (Å²) in [4.78, 5) is 37.1. The SMILES string of the molecule is CC(=O)N(CCN)C(=O)c1c[nH]c(=O)cc1O. The molecule has 1 rings (SSSR count). The Bertz CT molecular complexity index is 495. The number of aromatic amines is 1. The molecule has 4 N–H and O–H groups in total. The summed E-state index contributed by atoms with van der Waals surface area (Å²) in [7, 11) is 0. The average Bonchev–Trinajstić information content (AvgIpc) is 2.24. The maximum atomic E-state index is 11.9. The quantitative estimate of drug-likeness (QED) is 0.627. The Labute approximate surface area is 96.9 Å². The smallest absolute Gasteiger partial charge is 0.265 e. The van der Waals surface area contributed by atoms with Gasteiger partial charge in [-0.05, 0) is 0 Å². The van der Waals surface area contributed by atoms with E-state index in [9.17, 15) is 19.5 Å². The summed E-state index contributed by atoms with van der Waals surface area (Å²) in [5, 5.41) is 9.45. The van der Waals surface area contributed by atoms with Crippen LogP contribution in [0.25, 0.3) is 0 Å². The normalized spacial score (nSPS) is 10.0. The predicted octanol–water partition coefficient (Wildman–Crippen LogP) is -0.972. The van der Waals surface area contributed by atoms with E-state index < -0.39 is 23.1 Å². The van der Waals surface area contributed by atoms with Crippen molar-refractivity contribution < 1.29 is 14.7 Å². The number of nitrogens with one attached hydrogen (secondary N) is 1. The van der Waals surface area contributed by atoms with Crippen LogP contribution < -0.4 is 11.3 Å². The van der Waals surface area contributed by atoms with Crippen LogP contribution in [-0.4, -0.2) is 39.9 Å². The van der Waals surface area contributed by atoms with Crippen LogP contribution in [0.1, 0.15) is 17.3 Å². The molecule has 0 atom stereocenters. The molecule has 0 aromatic carbocycles. The van der Waals surface area contributed by atoms with Crippen molar-refractivity contribution in [2.24, 2.45) is 5.73 Å². The van der Waals surface area contributed by atoms with Gasteiger partial charge in [-0.1, -0.05) is 0 Å². The highest BCUT2D eigenvalue weighted by molar-refractivity contribution is 6.05. The van der Waals surface area contributed by atoms with Gasteiger partial charge < -0.3 is 15.8 Å². The number of imide groups is 1. The van der Waals surface area contributed by atoms with E-state index in [1.165, 1.54) is 6.92 Å². The zero-order valence-electron chi connectivity index (χ0n) is 9.27. The van der Waals surface area contributed by atoms with Crippen molar-refractivity contribution in [2.45, 2.75) is 6.92 Å². The zero-order chi connectivity index (χ0) is 13.0. The van der Waals surface area contributed by atoms with Gasteiger partial charge in [0.1, 0.15) is 5.75 Å². The fourth-order valence-corrected chi connectivity index (χ4v) is 1.31. The lowest BCUT2D eigenvalue weighted by Gasteiger charge is -2.18. The van der Waals surface area contributed by atoms with Crippen LogP contribution in [0.4, 0.5) is 0 Å². The molecule has 92 valence electrons. The molecular weight excluding hydrogens is 226 g/mol. The van der Waals surface area contributed by atoms with Gasteiger partial charge in [-0.2, -0.15) is 0 Å². The first-order valence-corrected chi connectivity index (χ1v) is 4.91. The van der Waals surface area contributed by atoms with Crippen molar-refractivity contribution in [3.05, 3.63) is 28.2 Å². The minimum absolute atomic E-state index is 0.0483. The lowest BCUT2D eigenvalue weighted by molar-refractivity contribution is -0.126. The first-order valence-electron chi connectivity index (χ1n) is 4.91. The summed E-state index contributed by atoms with van der Waals surface area (Å²) in [6, 6.07) is 0.869. The van der Waals surface area contributed by atoms with Gasteiger partial charge in [0.25, 0.3) is 11.5 Å². The Morgan fingerprint density at radius 1 is 1.53 bits per heavy atom. The van der Waals surface area contributed by atoms with Crippen LogP contribution in [0.3, 0.4) is 0 Å². The Balaban J connectivity index is 3.09. The third-order valence-electron chi connectivity index (χ3n) is 2.11. The van der Waals surface area contributed by atoms with E-state index in [0.29, 0.717) is 0 Å². The molecular formula is C10H13N3O4. The first kappa shape index (κ1) is 12.9. The number of nitrogens with zero attached hydrogens (tertiary/aromatic N) is 1. The molecule has 0 unspecified atom stereocenters. The van der Waals surface area contributed by atoms with E-state index >= 15 is 0 Å². The number of rotatable bonds is 3. The Kier molecular flexibility index (Phi) is 4.00. The van der Waals surface area contributed by atoms with E-state index in [4.69, 9.17) is 5.73 Å². The van der Waals surface area contributed by atoms with Gasteiger partial charge in [0.15, 0.2) is 0 Å². The molecule has 1 heterocycles. The number of H-pyrrole nitrogens is 1. The van der Waals surface area contributed by atoms with Gasteiger partial charge in [0, 0.05) is 32.3 Å². The fourth-order valence-electron chi connectivity index (χ4n) is 1.31. The summed E-state index contributed by atoms with van der Waals surface area (Å²) < 4.78 is 0. The predicted molar refractivity (Wildman–Crippen MR) is 59.5 cm³/mol. The molecule has 0 aliphatic rings. The largest absolute Gasteiger partial charge is 0.507 e. The third kappa shape index (κ3) is 2.91. The van der Waals surface area contributed by atoms with Crippen molar-refractivity contribution in [1.82, 2.24) is 9.88 Å². The van der Waals surface area contributed by atoms with Gasteiger partial charge in [-0.3, -0.25) is 19.3 Å². The Hall–Kier alpha value is -2.15. The van der Waals surface area contributed by atoms with Crippen molar-refractivity contribution in [2.75, 3.05) is 13.1 Å². The molecule has 0 aliphatic carbocycles. The van der Waals surface area contributed by atoms with Crippen LogP contribution in [0.5, 0.6) is 5.75 Å². The summed E-state index contributed by atoms with van der Waals surface area (Å²) >= 11 is 0. The van der Waals surface area contributed by atoms with Crippen LogP contribution in [-0.2, 0) is 4.79 Å². The topological polar surface area (TPSA) is 116 Å². The van der Waals surface area contributed by atoms with E-state index in [1.54, 1.807) is 0 Å². The lowest BCUT2D eigenvalue weighted by Crippen LogP contribution is -2.39. The number of nitrogens with two attached hydrogens (primary N) is 1. The van der Waals surface area contributed by atoms with Crippen LogP contribution in [0.2, 0.25) is 0 Å². The highest BCUT2D eigenvalue weighted by Gasteiger charge is 2.21. The highest BCUT2D eigenvalue weighted by atomic mass is 16.3. The molecule has 0 aliphatic heterocycles. The minimum atomic E-state index is -0.698. The summed E-state index contributed by atoms with van der Waals surface area (Å²) in [5.74, 6) is -1.65. The monoisotopic (exact) mass is 239 g/mol. The molecule has 2 amide bonds. The molecule has 0 spiro atoms. The Morgan fingerprint density at radius 3 is 2.65 bits per heavy atom. The number of pyridine rings is 1. The summed E-state index contributed by atoms with van der Waals surface area (Å²) in [6.45, 7) is 1.39.